The van der Waals surface area contributed by atoms with Crippen molar-refractivity contribution in [1.29, 1.82) is 0 Å². The molecule has 0 saturated carbocycles. The monoisotopic (exact) mass is 413 g/mol. The highest BCUT2D eigenvalue weighted by Crippen LogP contribution is 2.17. The summed E-state index contributed by atoms with van der Waals surface area (Å²) in [6.07, 6.45) is 1.15. The Morgan fingerprint density at radius 2 is 1.69 bits per heavy atom. The average molecular weight is 413 g/mol. The maximum Gasteiger partial charge on any atom is 0.255 e. The molecular formula is C22H20FNO4S. The minimum atomic E-state index is -3.19. The molecule has 0 unspecified atom stereocenters. The Morgan fingerprint density at radius 1 is 0.966 bits per heavy atom. The van der Waals surface area contributed by atoms with Crippen LogP contribution in [-0.4, -0.2) is 20.6 Å². The number of carbonyl (C=O) groups excluding carboxylic acids is 1. The van der Waals surface area contributed by atoms with Gasteiger partial charge in [-0.05, 0) is 47.5 Å². The van der Waals surface area contributed by atoms with E-state index >= 15 is 0 Å². The van der Waals surface area contributed by atoms with E-state index in [0.717, 1.165) is 11.8 Å². The van der Waals surface area contributed by atoms with E-state index in [-0.39, 0.29) is 24.1 Å². The van der Waals surface area contributed by atoms with E-state index in [0.29, 0.717) is 22.6 Å². The summed E-state index contributed by atoms with van der Waals surface area (Å²) in [5.41, 5.74) is 2.30. The molecule has 0 aromatic heterocycles. The molecule has 29 heavy (non-hydrogen) atoms. The number of nitrogens with one attached hydrogen (secondary N) is 1. The standard InChI is InChI=1S/C22H20FNO4S/c1-29(26,27)15-17-6-2-7-18(11-17)22(25)24-20-9-3-5-16(12-20)14-28-21-10-4-8-19(23)13-21/h2-13H,14-15H2,1H3,(H,24,25). The van der Waals surface area contributed by atoms with E-state index in [1.807, 2.05) is 6.07 Å². The first-order valence-electron chi connectivity index (χ1n) is 8.84. The maximum atomic E-state index is 13.2. The van der Waals surface area contributed by atoms with E-state index in [1.54, 1.807) is 54.6 Å². The van der Waals surface area contributed by atoms with Crippen molar-refractivity contribution in [2.75, 3.05) is 11.6 Å². The molecule has 150 valence electrons. The molecule has 0 aliphatic rings. The van der Waals surface area contributed by atoms with Gasteiger partial charge in [-0.1, -0.05) is 30.3 Å². The van der Waals surface area contributed by atoms with Crippen LogP contribution in [0.5, 0.6) is 5.75 Å². The third kappa shape index (κ3) is 6.43. The molecule has 3 aromatic carbocycles. The lowest BCUT2D eigenvalue weighted by molar-refractivity contribution is 0.102. The van der Waals surface area contributed by atoms with Gasteiger partial charge in [0.05, 0.1) is 5.75 Å². The largest absolute Gasteiger partial charge is 0.489 e. The lowest BCUT2D eigenvalue weighted by Crippen LogP contribution is -2.13. The van der Waals surface area contributed by atoms with Crippen LogP contribution in [0, 0.1) is 5.82 Å². The zero-order valence-corrected chi connectivity index (χ0v) is 16.6. The Bertz CT molecular complexity index is 1130. The predicted molar refractivity (Wildman–Crippen MR) is 110 cm³/mol. The van der Waals surface area contributed by atoms with Gasteiger partial charge in [-0.2, -0.15) is 0 Å². The topological polar surface area (TPSA) is 72.5 Å². The summed E-state index contributed by atoms with van der Waals surface area (Å²) in [5.74, 6) is -0.423. The molecule has 0 saturated heterocycles. The van der Waals surface area contributed by atoms with Crippen molar-refractivity contribution in [3.8, 4) is 5.75 Å². The van der Waals surface area contributed by atoms with Crippen LogP contribution >= 0.6 is 0 Å². The summed E-state index contributed by atoms with van der Waals surface area (Å²) in [6.45, 7) is 0.219. The van der Waals surface area contributed by atoms with E-state index in [2.05, 4.69) is 5.32 Å². The third-order valence-electron chi connectivity index (χ3n) is 4.00. The normalized spacial score (nSPS) is 11.1. The first-order valence-corrected chi connectivity index (χ1v) is 10.9. The van der Waals surface area contributed by atoms with E-state index in [1.165, 1.54) is 12.1 Å². The lowest BCUT2D eigenvalue weighted by Gasteiger charge is -2.10. The van der Waals surface area contributed by atoms with E-state index in [4.69, 9.17) is 4.74 Å². The van der Waals surface area contributed by atoms with E-state index in [9.17, 15) is 17.6 Å². The van der Waals surface area contributed by atoms with Crippen molar-refractivity contribution >= 4 is 21.4 Å². The van der Waals surface area contributed by atoms with Crippen molar-refractivity contribution in [1.82, 2.24) is 0 Å². The number of hydrogen-bond acceptors (Lipinski definition) is 4. The Morgan fingerprint density at radius 3 is 2.45 bits per heavy atom. The zero-order chi connectivity index (χ0) is 20.9. The minimum absolute atomic E-state index is 0.124. The van der Waals surface area contributed by atoms with Gasteiger partial charge in [0.1, 0.15) is 18.2 Å². The van der Waals surface area contributed by atoms with Crippen molar-refractivity contribution in [2.45, 2.75) is 12.4 Å². The number of amides is 1. The fourth-order valence-corrected chi connectivity index (χ4v) is 3.56. The molecule has 0 aliphatic heterocycles. The van der Waals surface area contributed by atoms with Crippen LogP contribution in [0.3, 0.4) is 0 Å². The number of anilines is 1. The molecule has 1 N–H and O–H groups in total. The second-order valence-corrected chi connectivity index (χ2v) is 8.81. The van der Waals surface area contributed by atoms with Crippen LogP contribution in [0.2, 0.25) is 0 Å². The SMILES string of the molecule is CS(=O)(=O)Cc1cccc(C(=O)Nc2cccc(COc3cccc(F)c3)c2)c1. The Labute approximate surface area is 169 Å². The molecule has 0 atom stereocenters. The van der Waals surface area contributed by atoms with Gasteiger partial charge in [-0.25, -0.2) is 12.8 Å². The zero-order valence-electron chi connectivity index (χ0n) is 15.8. The predicted octanol–water partition coefficient (Wildman–Crippen LogP) is 4.20. The summed E-state index contributed by atoms with van der Waals surface area (Å²) >= 11 is 0. The molecule has 0 radical (unpaired) electrons. The molecule has 7 heteroatoms. The Balaban J connectivity index is 1.66. The quantitative estimate of drug-likeness (QED) is 0.630. The summed E-state index contributed by atoms with van der Waals surface area (Å²) in [5, 5.41) is 2.79. The molecule has 0 fully saturated rings. The molecule has 0 heterocycles. The van der Waals surface area contributed by atoms with Crippen molar-refractivity contribution in [3.05, 3.63) is 95.3 Å². The van der Waals surface area contributed by atoms with Gasteiger partial charge in [-0.3, -0.25) is 4.79 Å². The number of hydrogen-bond donors (Lipinski definition) is 1. The van der Waals surface area contributed by atoms with Crippen molar-refractivity contribution in [2.24, 2.45) is 0 Å². The molecule has 0 aliphatic carbocycles. The average Bonchev–Trinajstić information content (AvgIpc) is 2.66. The summed E-state index contributed by atoms with van der Waals surface area (Å²) in [6, 6.07) is 19.5. The summed E-state index contributed by atoms with van der Waals surface area (Å²) in [4.78, 5) is 12.5. The number of sulfone groups is 1. The van der Waals surface area contributed by atoms with Gasteiger partial charge in [0.15, 0.2) is 9.84 Å². The van der Waals surface area contributed by atoms with Gasteiger partial charge in [-0.15, -0.1) is 0 Å². The Hall–Kier alpha value is -3.19. The molecule has 3 rings (SSSR count). The fraction of sp³-hybridized carbons (Fsp3) is 0.136. The van der Waals surface area contributed by atoms with Crippen molar-refractivity contribution < 1.29 is 22.3 Å². The van der Waals surface area contributed by atoms with Gasteiger partial charge in [0.25, 0.3) is 5.91 Å². The molecule has 5 nitrogen and oxygen atoms in total. The van der Waals surface area contributed by atoms with Crippen LogP contribution in [0.25, 0.3) is 0 Å². The van der Waals surface area contributed by atoms with Crippen LogP contribution < -0.4 is 10.1 Å². The summed E-state index contributed by atoms with van der Waals surface area (Å²) < 4.78 is 41.7. The number of carbonyl (C=O) groups is 1. The smallest absolute Gasteiger partial charge is 0.255 e. The lowest BCUT2D eigenvalue weighted by atomic mass is 10.1. The fourth-order valence-electron chi connectivity index (χ4n) is 2.77. The molecule has 3 aromatic rings. The van der Waals surface area contributed by atoms with Crippen LogP contribution in [0.4, 0.5) is 10.1 Å². The van der Waals surface area contributed by atoms with E-state index < -0.39 is 9.84 Å². The van der Waals surface area contributed by atoms with Gasteiger partial charge in [0.2, 0.25) is 0 Å². The molecule has 1 amide bonds. The van der Waals surface area contributed by atoms with Gasteiger partial charge >= 0.3 is 0 Å². The van der Waals surface area contributed by atoms with Crippen molar-refractivity contribution in [3.63, 3.8) is 0 Å². The number of ether oxygens (including phenoxy) is 1. The number of benzene rings is 3. The number of rotatable bonds is 7. The van der Waals surface area contributed by atoms with Gasteiger partial charge < -0.3 is 10.1 Å². The first kappa shape index (κ1) is 20.5. The second-order valence-electron chi connectivity index (χ2n) is 6.67. The highest BCUT2D eigenvalue weighted by molar-refractivity contribution is 7.89. The summed E-state index contributed by atoms with van der Waals surface area (Å²) in [7, 11) is -3.19. The van der Waals surface area contributed by atoms with Crippen LogP contribution in [0.15, 0.2) is 72.8 Å². The first-order chi connectivity index (χ1) is 13.8. The van der Waals surface area contributed by atoms with Crippen LogP contribution in [-0.2, 0) is 22.2 Å². The van der Waals surface area contributed by atoms with Crippen LogP contribution in [0.1, 0.15) is 21.5 Å². The maximum absolute atomic E-state index is 13.2. The van der Waals surface area contributed by atoms with Gasteiger partial charge in [0, 0.05) is 23.6 Å². The second kappa shape index (κ2) is 8.87. The highest BCUT2D eigenvalue weighted by Gasteiger charge is 2.10. The molecule has 0 bridgehead atoms. The minimum Gasteiger partial charge on any atom is -0.489 e. The number of halogens is 1. The third-order valence-corrected chi connectivity index (χ3v) is 4.86. The molecular weight excluding hydrogens is 393 g/mol. The highest BCUT2D eigenvalue weighted by atomic mass is 32.2. The molecule has 0 spiro atoms. The Kier molecular flexibility index (Phi) is 6.29.